The number of dihydropyridines is 1. The third-order valence-electron chi connectivity index (χ3n) is 3.92. The summed E-state index contributed by atoms with van der Waals surface area (Å²) < 4.78 is 0. The van der Waals surface area contributed by atoms with Gasteiger partial charge in [-0.3, -0.25) is 14.6 Å². The van der Waals surface area contributed by atoms with Crippen molar-refractivity contribution in [3.8, 4) is 0 Å². The summed E-state index contributed by atoms with van der Waals surface area (Å²) in [7, 11) is 1.74. The van der Waals surface area contributed by atoms with Crippen molar-refractivity contribution in [1.82, 2.24) is 10.2 Å². The van der Waals surface area contributed by atoms with Crippen LogP contribution in [0.5, 0.6) is 0 Å². The Kier molecular flexibility index (Phi) is 3.56. The minimum absolute atomic E-state index is 0.104. The zero-order valence-corrected chi connectivity index (χ0v) is 11.8. The lowest BCUT2D eigenvalue weighted by atomic mass is 9.83. The van der Waals surface area contributed by atoms with Gasteiger partial charge in [-0.1, -0.05) is 30.3 Å². The van der Waals surface area contributed by atoms with E-state index < -0.39 is 12.0 Å². The van der Waals surface area contributed by atoms with Crippen LogP contribution in [0, 0.1) is 5.92 Å². The fourth-order valence-electron chi connectivity index (χ4n) is 2.77. The molecule has 1 fully saturated rings. The molecule has 2 heterocycles. The number of allylic oxidation sites excluding steroid dienone is 1. The van der Waals surface area contributed by atoms with Gasteiger partial charge in [0.25, 0.3) is 0 Å². The summed E-state index contributed by atoms with van der Waals surface area (Å²) in [4.78, 5) is 30.8. The summed E-state index contributed by atoms with van der Waals surface area (Å²) in [6, 6.07) is 8.99. The van der Waals surface area contributed by atoms with Crippen LogP contribution in [0.4, 0.5) is 0 Å². The highest BCUT2D eigenvalue weighted by molar-refractivity contribution is 6.04. The standard InChI is InChI=1S/C16H17N3O2/c1-19-10-9-18-15(20)13-12(11-5-3-2-4-6-11)7-8-17-14(13)16(19)21/h2-8,13-14H,9-10H2,1H3,(H,18,20). The third-order valence-corrected chi connectivity index (χ3v) is 3.92. The maximum absolute atomic E-state index is 12.5. The van der Waals surface area contributed by atoms with Crippen molar-refractivity contribution in [1.29, 1.82) is 0 Å². The average molecular weight is 283 g/mol. The van der Waals surface area contributed by atoms with Gasteiger partial charge in [-0.25, -0.2) is 0 Å². The van der Waals surface area contributed by atoms with Gasteiger partial charge in [-0.15, -0.1) is 0 Å². The van der Waals surface area contributed by atoms with E-state index in [0.717, 1.165) is 11.1 Å². The number of amides is 2. The number of hydrogen-bond donors (Lipinski definition) is 1. The summed E-state index contributed by atoms with van der Waals surface area (Å²) in [6.45, 7) is 0.976. The van der Waals surface area contributed by atoms with Crippen LogP contribution >= 0.6 is 0 Å². The highest BCUT2D eigenvalue weighted by atomic mass is 16.2. The van der Waals surface area contributed by atoms with Crippen molar-refractivity contribution in [2.24, 2.45) is 10.9 Å². The van der Waals surface area contributed by atoms with Crippen LogP contribution in [-0.4, -0.2) is 49.1 Å². The Balaban J connectivity index is 2.03. The van der Waals surface area contributed by atoms with Gasteiger partial charge in [0.2, 0.25) is 11.8 Å². The Labute approximate surface area is 123 Å². The average Bonchev–Trinajstić information content (AvgIpc) is 2.53. The molecule has 5 nitrogen and oxygen atoms in total. The molecule has 2 unspecified atom stereocenters. The first-order valence-corrected chi connectivity index (χ1v) is 7.00. The fraction of sp³-hybridized carbons (Fsp3) is 0.312. The number of aliphatic imine (C=N–C) groups is 1. The molecule has 2 aliphatic rings. The second-order valence-corrected chi connectivity index (χ2v) is 5.26. The number of benzene rings is 1. The van der Waals surface area contributed by atoms with Crippen LogP contribution in [0.3, 0.4) is 0 Å². The van der Waals surface area contributed by atoms with Gasteiger partial charge >= 0.3 is 0 Å². The van der Waals surface area contributed by atoms with Crippen molar-refractivity contribution in [2.75, 3.05) is 20.1 Å². The van der Waals surface area contributed by atoms with E-state index in [4.69, 9.17) is 0 Å². The van der Waals surface area contributed by atoms with E-state index in [1.165, 1.54) is 0 Å². The highest BCUT2D eigenvalue weighted by Crippen LogP contribution is 2.31. The fourth-order valence-corrected chi connectivity index (χ4v) is 2.77. The number of carbonyl (C=O) groups excluding carboxylic acids is 2. The summed E-state index contributed by atoms with van der Waals surface area (Å²) in [6.07, 6.45) is 3.45. The van der Waals surface area contributed by atoms with Crippen molar-refractivity contribution in [3.63, 3.8) is 0 Å². The number of nitrogens with zero attached hydrogens (tertiary/aromatic N) is 2. The van der Waals surface area contributed by atoms with Crippen molar-refractivity contribution >= 4 is 23.6 Å². The van der Waals surface area contributed by atoms with Gasteiger partial charge < -0.3 is 10.2 Å². The molecule has 0 saturated carbocycles. The molecular formula is C16H17N3O2. The molecule has 0 radical (unpaired) electrons. The maximum Gasteiger partial charge on any atom is 0.248 e. The number of carbonyl (C=O) groups is 2. The van der Waals surface area contributed by atoms with Crippen molar-refractivity contribution in [3.05, 3.63) is 42.0 Å². The molecule has 2 aliphatic heterocycles. The molecule has 2 atom stereocenters. The second kappa shape index (κ2) is 5.52. The Morgan fingerprint density at radius 2 is 2.00 bits per heavy atom. The first-order chi connectivity index (χ1) is 10.2. The lowest BCUT2D eigenvalue weighted by Gasteiger charge is -2.33. The first kappa shape index (κ1) is 13.5. The monoisotopic (exact) mass is 283 g/mol. The van der Waals surface area contributed by atoms with Gasteiger partial charge in [-0.05, 0) is 17.2 Å². The molecule has 0 spiro atoms. The van der Waals surface area contributed by atoms with E-state index in [9.17, 15) is 9.59 Å². The Hall–Kier alpha value is -2.43. The SMILES string of the molecule is CN1CCNC(=O)C2C(c3ccccc3)=CC=NC2C1=O. The maximum atomic E-state index is 12.5. The van der Waals surface area contributed by atoms with Crippen LogP contribution in [0.2, 0.25) is 0 Å². The second-order valence-electron chi connectivity index (χ2n) is 5.26. The Bertz CT molecular complexity index is 622. The van der Waals surface area contributed by atoms with E-state index in [2.05, 4.69) is 10.3 Å². The van der Waals surface area contributed by atoms with Crippen LogP contribution in [0.15, 0.2) is 41.4 Å². The minimum Gasteiger partial charge on any atom is -0.354 e. The molecule has 0 bridgehead atoms. The number of hydrogen-bond acceptors (Lipinski definition) is 3. The van der Waals surface area contributed by atoms with Crippen LogP contribution in [-0.2, 0) is 9.59 Å². The smallest absolute Gasteiger partial charge is 0.248 e. The molecule has 1 aromatic carbocycles. The molecule has 5 heteroatoms. The lowest BCUT2D eigenvalue weighted by molar-refractivity contribution is -0.137. The van der Waals surface area contributed by atoms with E-state index in [0.29, 0.717) is 13.1 Å². The first-order valence-electron chi connectivity index (χ1n) is 7.00. The minimum atomic E-state index is -0.671. The molecule has 0 aliphatic carbocycles. The number of nitrogens with one attached hydrogen (secondary N) is 1. The predicted molar refractivity (Wildman–Crippen MR) is 80.8 cm³/mol. The third kappa shape index (κ3) is 2.46. The number of fused-ring (bicyclic) bond motifs is 1. The van der Waals surface area contributed by atoms with Gasteiger partial charge in [0.15, 0.2) is 0 Å². The van der Waals surface area contributed by atoms with E-state index in [-0.39, 0.29) is 11.8 Å². The van der Waals surface area contributed by atoms with E-state index >= 15 is 0 Å². The topological polar surface area (TPSA) is 61.8 Å². The molecule has 1 N–H and O–H groups in total. The summed E-state index contributed by atoms with van der Waals surface area (Å²) in [5.74, 6) is -0.798. The summed E-state index contributed by atoms with van der Waals surface area (Å²) in [5.41, 5.74) is 1.79. The van der Waals surface area contributed by atoms with Gasteiger partial charge in [0.05, 0.1) is 5.92 Å². The van der Waals surface area contributed by atoms with Gasteiger partial charge in [0.1, 0.15) is 6.04 Å². The summed E-state index contributed by atoms with van der Waals surface area (Å²) in [5, 5.41) is 2.89. The molecule has 21 heavy (non-hydrogen) atoms. The molecule has 1 saturated heterocycles. The Morgan fingerprint density at radius 3 is 2.76 bits per heavy atom. The Morgan fingerprint density at radius 1 is 1.24 bits per heavy atom. The van der Waals surface area contributed by atoms with E-state index in [1.807, 2.05) is 36.4 Å². The van der Waals surface area contributed by atoms with Crippen molar-refractivity contribution in [2.45, 2.75) is 6.04 Å². The lowest BCUT2D eigenvalue weighted by Crippen LogP contribution is -2.52. The quantitative estimate of drug-likeness (QED) is 0.826. The largest absolute Gasteiger partial charge is 0.354 e. The normalized spacial score (nSPS) is 25.6. The molecule has 2 amide bonds. The number of rotatable bonds is 1. The van der Waals surface area contributed by atoms with Crippen LogP contribution in [0.25, 0.3) is 5.57 Å². The molecule has 108 valence electrons. The zero-order chi connectivity index (χ0) is 14.8. The summed E-state index contributed by atoms with van der Waals surface area (Å²) >= 11 is 0. The van der Waals surface area contributed by atoms with E-state index in [1.54, 1.807) is 18.2 Å². The van der Waals surface area contributed by atoms with Gasteiger partial charge in [-0.2, -0.15) is 0 Å². The van der Waals surface area contributed by atoms with Gasteiger partial charge in [0, 0.05) is 26.4 Å². The molecule has 0 aromatic heterocycles. The highest BCUT2D eigenvalue weighted by Gasteiger charge is 2.40. The van der Waals surface area contributed by atoms with Crippen molar-refractivity contribution < 1.29 is 9.59 Å². The predicted octanol–water partition coefficient (Wildman–Crippen LogP) is 0.727. The number of likely N-dealkylation sites (N-methyl/N-ethyl adjacent to an activating group) is 1. The van der Waals surface area contributed by atoms with Crippen LogP contribution in [0.1, 0.15) is 5.56 Å². The molecular weight excluding hydrogens is 266 g/mol. The molecule has 3 rings (SSSR count). The molecule has 1 aromatic rings. The van der Waals surface area contributed by atoms with Crippen LogP contribution < -0.4 is 5.32 Å². The zero-order valence-electron chi connectivity index (χ0n) is 11.8.